The van der Waals surface area contributed by atoms with Gasteiger partial charge in [0.05, 0.1) is 12.2 Å². The second kappa shape index (κ2) is 6.30. The van der Waals surface area contributed by atoms with Gasteiger partial charge in [-0.2, -0.15) is 0 Å². The maximum atomic E-state index is 6.58. The number of nitrogens with one attached hydrogen (secondary N) is 1. The molecule has 0 amide bonds. The van der Waals surface area contributed by atoms with E-state index in [-0.39, 0.29) is 11.0 Å². The zero-order valence-corrected chi connectivity index (χ0v) is 13.6. The molecule has 0 aromatic carbocycles. The Bertz CT molecular complexity index is 322. The molecule has 3 N–H and O–H groups in total. The van der Waals surface area contributed by atoms with Crippen molar-refractivity contribution in [2.24, 2.45) is 17.1 Å². The normalized spacial score (nSPS) is 39.8. The van der Waals surface area contributed by atoms with Crippen LogP contribution in [0.4, 0.5) is 0 Å². The fraction of sp³-hybridized carbons (Fsp3) is 1.00. The van der Waals surface area contributed by atoms with E-state index in [9.17, 15) is 0 Å². The first-order valence-corrected chi connectivity index (χ1v) is 8.17. The van der Waals surface area contributed by atoms with Crippen molar-refractivity contribution in [2.75, 3.05) is 26.3 Å². The van der Waals surface area contributed by atoms with E-state index in [4.69, 9.17) is 15.2 Å². The lowest BCUT2D eigenvalue weighted by atomic mass is 9.54. The van der Waals surface area contributed by atoms with E-state index in [0.717, 1.165) is 39.1 Å². The van der Waals surface area contributed by atoms with Crippen molar-refractivity contribution in [2.45, 2.75) is 64.7 Å². The molecule has 0 radical (unpaired) electrons. The summed E-state index contributed by atoms with van der Waals surface area (Å²) in [5.74, 6) is 0.648. The van der Waals surface area contributed by atoms with Gasteiger partial charge in [0.2, 0.25) is 0 Å². The minimum Gasteiger partial charge on any atom is -0.378 e. The molecule has 1 aliphatic heterocycles. The van der Waals surface area contributed by atoms with Crippen LogP contribution in [0.1, 0.15) is 47.0 Å². The molecule has 2 aliphatic rings. The van der Waals surface area contributed by atoms with E-state index in [1.165, 1.54) is 6.42 Å². The Balaban J connectivity index is 1.77. The molecule has 1 aliphatic carbocycles. The summed E-state index contributed by atoms with van der Waals surface area (Å²) >= 11 is 0. The number of hydrogen-bond donors (Lipinski definition) is 2. The van der Waals surface area contributed by atoms with E-state index >= 15 is 0 Å². The summed E-state index contributed by atoms with van der Waals surface area (Å²) in [6.07, 6.45) is 3.98. The first-order valence-electron chi connectivity index (χ1n) is 8.17. The molecule has 20 heavy (non-hydrogen) atoms. The third kappa shape index (κ3) is 2.89. The molecule has 0 spiro atoms. The molecule has 1 saturated heterocycles. The second-order valence-corrected chi connectivity index (χ2v) is 7.02. The Labute approximate surface area is 123 Å². The summed E-state index contributed by atoms with van der Waals surface area (Å²) < 4.78 is 11.5. The van der Waals surface area contributed by atoms with Gasteiger partial charge in [0, 0.05) is 37.3 Å². The monoisotopic (exact) mass is 284 g/mol. The van der Waals surface area contributed by atoms with Crippen molar-refractivity contribution < 1.29 is 9.47 Å². The fourth-order valence-corrected chi connectivity index (χ4v) is 3.67. The third-order valence-corrected chi connectivity index (χ3v) is 5.60. The first kappa shape index (κ1) is 16.2. The van der Waals surface area contributed by atoms with E-state index in [2.05, 4.69) is 33.0 Å². The maximum absolute atomic E-state index is 6.58. The van der Waals surface area contributed by atoms with Crippen molar-refractivity contribution >= 4 is 0 Å². The number of nitrogens with two attached hydrogens (primary N) is 1. The zero-order valence-electron chi connectivity index (χ0n) is 13.6. The smallest absolute Gasteiger partial charge is 0.0662 e. The average Bonchev–Trinajstić information content (AvgIpc) is 2.86. The van der Waals surface area contributed by atoms with Gasteiger partial charge >= 0.3 is 0 Å². The lowest BCUT2D eigenvalue weighted by Crippen LogP contribution is -2.73. The Kier molecular flexibility index (Phi) is 5.11. The summed E-state index contributed by atoms with van der Waals surface area (Å²) in [6, 6.07) is 0. The standard InChI is InChI=1S/C16H32N2O2/c1-5-13-12(7-8-20-13)10-18-11-16(17)9-14(19-6-2)15(16,3)4/h12-14,18H,5-11,17H2,1-4H3. The van der Waals surface area contributed by atoms with Crippen LogP contribution in [0.2, 0.25) is 0 Å². The van der Waals surface area contributed by atoms with Gasteiger partial charge < -0.3 is 20.5 Å². The van der Waals surface area contributed by atoms with Crippen molar-refractivity contribution in [1.29, 1.82) is 0 Å². The van der Waals surface area contributed by atoms with Crippen LogP contribution >= 0.6 is 0 Å². The average molecular weight is 284 g/mol. The molecule has 118 valence electrons. The largest absolute Gasteiger partial charge is 0.378 e. The van der Waals surface area contributed by atoms with E-state index in [0.29, 0.717) is 18.1 Å². The Morgan fingerprint density at radius 2 is 2.10 bits per heavy atom. The second-order valence-electron chi connectivity index (χ2n) is 7.02. The number of ether oxygens (including phenoxy) is 2. The Hall–Kier alpha value is -0.160. The molecule has 2 fully saturated rings. The highest BCUT2D eigenvalue weighted by Crippen LogP contribution is 2.49. The van der Waals surface area contributed by atoms with Gasteiger partial charge in [-0.3, -0.25) is 0 Å². The molecule has 1 saturated carbocycles. The summed E-state index contributed by atoms with van der Waals surface area (Å²) in [5, 5.41) is 3.59. The lowest BCUT2D eigenvalue weighted by molar-refractivity contribution is -0.148. The highest BCUT2D eigenvalue weighted by Gasteiger charge is 2.58. The van der Waals surface area contributed by atoms with Gasteiger partial charge in [0.25, 0.3) is 0 Å². The zero-order chi connectivity index (χ0) is 14.8. The van der Waals surface area contributed by atoms with Crippen LogP contribution in [0.25, 0.3) is 0 Å². The van der Waals surface area contributed by atoms with E-state index in [1.807, 2.05) is 0 Å². The van der Waals surface area contributed by atoms with Crippen LogP contribution < -0.4 is 11.1 Å². The molecule has 0 aromatic rings. The van der Waals surface area contributed by atoms with Crippen molar-refractivity contribution in [3.05, 3.63) is 0 Å². The van der Waals surface area contributed by atoms with Crippen molar-refractivity contribution in [3.8, 4) is 0 Å². The highest BCUT2D eigenvalue weighted by atomic mass is 16.5. The molecule has 0 aromatic heterocycles. The first-order chi connectivity index (χ1) is 9.44. The quantitative estimate of drug-likeness (QED) is 0.750. The molecule has 0 bridgehead atoms. The molecular weight excluding hydrogens is 252 g/mol. The molecule has 4 unspecified atom stereocenters. The fourth-order valence-electron chi connectivity index (χ4n) is 3.67. The van der Waals surface area contributed by atoms with Gasteiger partial charge in [0.15, 0.2) is 0 Å². The van der Waals surface area contributed by atoms with Crippen LogP contribution in [-0.2, 0) is 9.47 Å². The minimum atomic E-state index is -0.145. The van der Waals surface area contributed by atoms with Crippen molar-refractivity contribution in [3.63, 3.8) is 0 Å². The van der Waals surface area contributed by atoms with Crippen LogP contribution in [0.3, 0.4) is 0 Å². The SMILES string of the molecule is CCOC1CC(N)(CNCC2CCOC2CC)C1(C)C. The van der Waals surface area contributed by atoms with Crippen LogP contribution in [0, 0.1) is 11.3 Å². The Morgan fingerprint density at radius 1 is 1.35 bits per heavy atom. The molecule has 4 heteroatoms. The van der Waals surface area contributed by atoms with Crippen LogP contribution in [-0.4, -0.2) is 44.1 Å². The van der Waals surface area contributed by atoms with Crippen LogP contribution in [0.5, 0.6) is 0 Å². The predicted molar refractivity (Wildman–Crippen MR) is 81.7 cm³/mol. The topological polar surface area (TPSA) is 56.5 Å². The van der Waals surface area contributed by atoms with Gasteiger partial charge in [-0.05, 0) is 32.1 Å². The highest BCUT2D eigenvalue weighted by molar-refractivity contribution is 5.14. The van der Waals surface area contributed by atoms with Crippen molar-refractivity contribution in [1.82, 2.24) is 5.32 Å². The lowest BCUT2D eigenvalue weighted by Gasteiger charge is -2.59. The number of hydrogen-bond acceptors (Lipinski definition) is 4. The van der Waals surface area contributed by atoms with Gasteiger partial charge in [-0.25, -0.2) is 0 Å². The van der Waals surface area contributed by atoms with E-state index in [1.54, 1.807) is 0 Å². The Morgan fingerprint density at radius 3 is 2.70 bits per heavy atom. The van der Waals surface area contributed by atoms with Crippen LogP contribution in [0.15, 0.2) is 0 Å². The minimum absolute atomic E-state index is 0.0480. The number of rotatable bonds is 7. The third-order valence-electron chi connectivity index (χ3n) is 5.60. The van der Waals surface area contributed by atoms with E-state index < -0.39 is 0 Å². The maximum Gasteiger partial charge on any atom is 0.0662 e. The molecule has 2 rings (SSSR count). The molecular formula is C16H32N2O2. The van der Waals surface area contributed by atoms with Gasteiger partial charge in [-0.15, -0.1) is 0 Å². The molecule has 4 atom stereocenters. The van der Waals surface area contributed by atoms with Gasteiger partial charge in [0.1, 0.15) is 0 Å². The summed E-state index contributed by atoms with van der Waals surface area (Å²) in [5.41, 5.74) is 6.48. The predicted octanol–water partition coefficient (Wildman–Crippen LogP) is 1.92. The summed E-state index contributed by atoms with van der Waals surface area (Å²) in [6.45, 7) is 12.3. The molecule has 4 nitrogen and oxygen atoms in total. The van der Waals surface area contributed by atoms with Gasteiger partial charge in [-0.1, -0.05) is 20.8 Å². The summed E-state index contributed by atoms with van der Waals surface area (Å²) in [7, 11) is 0. The summed E-state index contributed by atoms with van der Waals surface area (Å²) in [4.78, 5) is 0. The molecule has 1 heterocycles.